The highest BCUT2D eigenvalue weighted by molar-refractivity contribution is 5.87. The number of carbonyl (C=O) groups is 3. The van der Waals surface area contributed by atoms with E-state index in [0.717, 1.165) is 12.8 Å². The lowest BCUT2D eigenvalue weighted by Gasteiger charge is -2.37. The summed E-state index contributed by atoms with van der Waals surface area (Å²) in [5, 5.41) is 29.4. The fourth-order valence-electron chi connectivity index (χ4n) is 3.48. The summed E-state index contributed by atoms with van der Waals surface area (Å²) < 4.78 is 7.57. The van der Waals surface area contributed by atoms with Crippen molar-refractivity contribution in [1.82, 2.24) is 20.3 Å². The Kier molecular flexibility index (Phi) is 8.07. The SMILES string of the molecule is CCC(CC)O[C@@H]1C=C(C(=O)O)C[C@H](n2cc(C[C@H](N)C(=O)O)nn2)[C@H]1NC(C)=O. The summed E-state index contributed by atoms with van der Waals surface area (Å²) in [7, 11) is 0. The maximum absolute atomic E-state index is 11.9. The van der Waals surface area contributed by atoms with E-state index in [1.165, 1.54) is 23.9 Å². The molecular formula is C19H29N5O6. The molecule has 0 spiro atoms. The van der Waals surface area contributed by atoms with Crippen molar-refractivity contribution in [2.75, 3.05) is 0 Å². The third kappa shape index (κ3) is 5.86. The molecule has 1 aromatic heterocycles. The number of amides is 1. The molecule has 4 atom stereocenters. The van der Waals surface area contributed by atoms with E-state index in [-0.39, 0.29) is 30.4 Å². The lowest BCUT2D eigenvalue weighted by Crippen LogP contribution is -2.52. The summed E-state index contributed by atoms with van der Waals surface area (Å²) in [4.78, 5) is 34.6. The number of carboxylic acids is 2. The van der Waals surface area contributed by atoms with Crippen molar-refractivity contribution >= 4 is 17.8 Å². The Bertz CT molecular complexity index is 803. The topological polar surface area (TPSA) is 170 Å². The van der Waals surface area contributed by atoms with Crippen LogP contribution in [0.15, 0.2) is 17.8 Å². The number of rotatable bonds is 10. The Morgan fingerprint density at radius 1 is 1.33 bits per heavy atom. The molecule has 11 heteroatoms. The van der Waals surface area contributed by atoms with Crippen LogP contribution in [-0.2, 0) is 25.5 Å². The van der Waals surface area contributed by atoms with E-state index in [4.69, 9.17) is 15.6 Å². The molecule has 11 nitrogen and oxygen atoms in total. The zero-order valence-corrected chi connectivity index (χ0v) is 17.3. The number of ether oxygens (including phenoxy) is 1. The predicted molar refractivity (Wildman–Crippen MR) is 106 cm³/mol. The predicted octanol–water partition coefficient (Wildman–Crippen LogP) is 0.267. The van der Waals surface area contributed by atoms with Gasteiger partial charge in [-0.3, -0.25) is 9.59 Å². The van der Waals surface area contributed by atoms with Gasteiger partial charge in [-0.05, 0) is 18.9 Å². The van der Waals surface area contributed by atoms with E-state index in [9.17, 15) is 19.5 Å². The molecule has 30 heavy (non-hydrogen) atoms. The molecule has 0 aromatic carbocycles. The second-order valence-corrected chi connectivity index (χ2v) is 7.37. The Morgan fingerprint density at radius 3 is 2.53 bits per heavy atom. The van der Waals surface area contributed by atoms with Gasteiger partial charge in [-0.25, -0.2) is 9.48 Å². The van der Waals surface area contributed by atoms with Crippen LogP contribution in [-0.4, -0.2) is 67.3 Å². The van der Waals surface area contributed by atoms with Crippen LogP contribution in [0.3, 0.4) is 0 Å². The van der Waals surface area contributed by atoms with E-state index in [1.807, 2.05) is 13.8 Å². The van der Waals surface area contributed by atoms with Gasteiger partial charge in [0, 0.05) is 31.5 Å². The molecule has 166 valence electrons. The Morgan fingerprint density at radius 2 is 2.00 bits per heavy atom. The second kappa shape index (κ2) is 10.3. The van der Waals surface area contributed by atoms with Gasteiger partial charge >= 0.3 is 11.9 Å². The number of nitrogens with one attached hydrogen (secondary N) is 1. The number of hydrogen-bond acceptors (Lipinski definition) is 7. The molecule has 0 saturated heterocycles. The van der Waals surface area contributed by atoms with Crippen molar-refractivity contribution in [2.24, 2.45) is 5.73 Å². The Balaban J connectivity index is 2.38. The van der Waals surface area contributed by atoms with Crippen LogP contribution in [0.1, 0.15) is 51.8 Å². The molecule has 1 aromatic rings. The van der Waals surface area contributed by atoms with Gasteiger partial charge in [-0.15, -0.1) is 5.10 Å². The van der Waals surface area contributed by atoms with E-state index in [1.54, 1.807) is 0 Å². The van der Waals surface area contributed by atoms with Crippen LogP contribution in [0.4, 0.5) is 0 Å². The minimum Gasteiger partial charge on any atom is -0.480 e. The monoisotopic (exact) mass is 423 g/mol. The van der Waals surface area contributed by atoms with Crippen molar-refractivity contribution in [3.8, 4) is 0 Å². The van der Waals surface area contributed by atoms with Crippen LogP contribution < -0.4 is 11.1 Å². The molecule has 0 unspecified atom stereocenters. The summed E-state index contributed by atoms with van der Waals surface area (Å²) in [6, 6.07) is -2.28. The number of aromatic nitrogens is 3. The van der Waals surface area contributed by atoms with Crippen LogP contribution >= 0.6 is 0 Å². The average molecular weight is 423 g/mol. The molecule has 1 aliphatic rings. The van der Waals surface area contributed by atoms with Gasteiger partial charge in [-0.1, -0.05) is 19.1 Å². The largest absolute Gasteiger partial charge is 0.480 e. The van der Waals surface area contributed by atoms with Gasteiger partial charge in [0.2, 0.25) is 5.91 Å². The number of nitrogens with two attached hydrogens (primary N) is 1. The number of carbonyl (C=O) groups excluding carboxylic acids is 1. The van der Waals surface area contributed by atoms with Gasteiger partial charge in [0.1, 0.15) is 6.04 Å². The minimum atomic E-state index is -1.16. The average Bonchev–Trinajstić information content (AvgIpc) is 3.14. The molecule has 0 radical (unpaired) electrons. The fraction of sp³-hybridized carbons (Fsp3) is 0.632. The van der Waals surface area contributed by atoms with Crippen molar-refractivity contribution < 1.29 is 29.3 Å². The lowest BCUT2D eigenvalue weighted by molar-refractivity contribution is -0.138. The number of nitrogens with zero attached hydrogens (tertiary/aromatic N) is 3. The van der Waals surface area contributed by atoms with E-state index in [2.05, 4.69) is 15.6 Å². The quantitative estimate of drug-likeness (QED) is 0.412. The third-order valence-corrected chi connectivity index (χ3v) is 5.11. The van der Waals surface area contributed by atoms with Crippen LogP contribution in [0.25, 0.3) is 0 Å². The van der Waals surface area contributed by atoms with Gasteiger partial charge < -0.3 is 26.0 Å². The summed E-state index contributed by atoms with van der Waals surface area (Å²) in [6.45, 7) is 5.32. The molecule has 1 aliphatic carbocycles. The van der Waals surface area contributed by atoms with E-state index < -0.39 is 36.2 Å². The van der Waals surface area contributed by atoms with E-state index >= 15 is 0 Å². The van der Waals surface area contributed by atoms with Gasteiger partial charge in [0.25, 0.3) is 0 Å². The minimum absolute atomic E-state index is 0.0256. The highest BCUT2D eigenvalue weighted by Gasteiger charge is 2.39. The Labute approximate surface area is 174 Å². The maximum atomic E-state index is 11.9. The molecule has 0 aliphatic heterocycles. The summed E-state index contributed by atoms with van der Waals surface area (Å²) in [5.41, 5.74) is 6.06. The van der Waals surface area contributed by atoms with Gasteiger partial charge in [0.05, 0.1) is 30.0 Å². The van der Waals surface area contributed by atoms with Crippen molar-refractivity contribution in [3.05, 3.63) is 23.5 Å². The second-order valence-electron chi connectivity index (χ2n) is 7.37. The summed E-state index contributed by atoms with van der Waals surface area (Å²) in [5.74, 6) is -2.52. The first-order valence-electron chi connectivity index (χ1n) is 9.91. The molecule has 0 fully saturated rings. The Hall–Kier alpha value is -2.79. The zero-order valence-electron chi connectivity index (χ0n) is 17.3. The first-order chi connectivity index (χ1) is 14.2. The smallest absolute Gasteiger partial charge is 0.331 e. The molecular weight excluding hydrogens is 394 g/mol. The first-order valence-corrected chi connectivity index (χ1v) is 9.91. The fourth-order valence-corrected chi connectivity index (χ4v) is 3.48. The summed E-state index contributed by atoms with van der Waals surface area (Å²) >= 11 is 0. The number of carboxylic acid groups (broad SMARTS) is 2. The molecule has 0 bridgehead atoms. The summed E-state index contributed by atoms with van der Waals surface area (Å²) in [6.07, 6.45) is 3.84. The van der Waals surface area contributed by atoms with Gasteiger partial charge in [-0.2, -0.15) is 0 Å². The van der Waals surface area contributed by atoms with Crippen LogP contribution in [0.5, 0.6) is 0 Å². The molecule has 2 rings (SSSR count). The van der Waals surface area contributed by atoms with E-state index in [0.29, 0.717) is 5.69 Å². The third-order valence-electron chi connectivity index (χ3n) is 5.11. The van der Waals surface area contributed by atoms with Crippen molar-refractivity contribution in [1.29, 1.82) is 0 Å². The maximum Gasteiger partial charge on any atom is 0.331 e. The molecule has 1 heterocycles. The van der Waals surface area contributed by atoms with Gasteiger partial charge in [0.15, 0.2) is 0 Å². The van der Waals surface area contributed by atoms with Crippen molar-refractivity contribution in [3.63, 3.8) is 0 Å². The number of hydrogen-bond donors (Lipinski definition) is 4. The molecule has 1 amide bonds. The highest BCUT2D eigenvalue weighted by Crippen LogP contribution is 2.32. The zero-order chi connectivity index (χ0) is 22.4. The molecule has 5 N–H and O–H groups in total. The standard InChI is InChI=1S/C19H29N5O6/c1-4-13(5-2)30-16-7-11(18(26)27)6-15(17(16)21-10(3)25)24-9-12(22-23-24)8-14(20)19(28)29/h7,9,13-17H,4-6,8,20H2,1-3H3,(H,21,25)(H,26,27)(H,28,29)/t14-,15-,16+,17+/m0/s1. The van der Waals surface area contributed by atoms with Crippen LogP contribution in [0.2, 0.25) is 0 Å². The lowest BCUT2D eigenvalue weighted by atomic mass is 9.87. The number of aliphatic carboxylic acids is 2. The normalized spacial score (nSPS) is 22.4. The molecule has 0 saturated carbocycles. The highest BCUT2D eigenvalue weighted by atomic mass is 16.5. The van der Waals surface area contributed by atoms with Crippen molar-refractivity contribution in [2.45, 2.75) is 76.8 Å². The van der Waals surface area contributed by atoms with Crippen LogP contribution in [0, 0.1) is 0 Å². The first kappa shape index (κ1) is 23.5.